The Bertz CT molecular complexity index is 242. The summed E-state index contributed by atoms with van der Waals surface area (Å²) in [4.78, 5) is 10.9. The van der Waals surface area contributed by atoms with Crippen molar-refractivity contribution in [2.45, 2.75) is 32.1 Å². The molecule has 2 nitrogen and oxygen atoms in total. The number of carbonyl (C=O) groups is 1. The number of esters is 1. The Morgan fingerprint density at radius 2 is 1.75 bits per heavy atom. The van der Waals surface area contributed by atoms with E-state index < -0.39 is 37.0 Å². The first kappa shape index (κ1) is 15.1. The summed E-state index contributed by atoms with van der Waals surface area (Å²) < 4.78 is 65.7. The van der Waals surface area contributed by atoms with Gasteiger partial charge in [-0.3, -0.25) is 4.79 Å². The number of ether oxygens (including phenoxy) is 1. The van der Waals surface area contributed by atoms with Gasteiger partial charge in [0, 0.05) is 0 Å². The van der Waals surface area contributed by atoms with E-state index in [0.717, 1.165) is 0 Å². The number of hydrogen-bond acceptors (Lipinski definition) is 2. The van der Waals surface area contributed by atoms with Crippen molar-refractivity contribution >= 4 is 5.97 Å². The lowest BCUT2D eigenvalue weighted by Gasteiger charge is -2.24. The van der Waals surface area contributed by atoms with Gasteiger partial charge in [0.25, 0.3) is 0 Å². The number of rotatable bonds is 6. The molecule has 0 heterocycles. The summed E-state index contributed by atoms with van der Waals surface area (Å²) in [7, 11) is 0. The second-order valence-electron chi connectivity index (χ2n) is 3.46. The monoisotopic (exact) mass is 248 g/mol. The molecule has 1 unspecified atom stereocenters. The highest BCUT2D eigenvalue weighted by molar-refractivity contribution is 5.71. The van der Waals surface area contributed by atoms with Crippen LogP contribution < -0.4 is 0 Å². The van der Waals surface area contributed by atoms with E-state index in [-0.39, 0.29) is 0 Å². The first-order valence-electron chi connectivity index (χ1n) is 4.66. The largest absolute Gasteiger partial charge is 0.459 e. The van der Waals surface area contributed by atoms with Gasteiger partial charge in [-0.2, -0.15) is 17.6 Å². The van der Waals surface area contributed by atoms with Crippen molar-refractivity contribution in [1.82, 2.24) is 0 Å². The highest BCUT2D eigenvalue weighted by Gasteiger charge is 2.57. The minimum Gasteiger partial charge on any atom is -0.459 e. The SMILES string of the molecule is CCC(C)C(=O)OCC(F)(F)C(F)(F)CF. The minimum absolute atomic E-state index is 0.337. The Labute approximate surface area is 89.8 Å². The van der Waals surface area contributed by atoms with E-state index in [2.05, 4.69) is 4.74 Å². The smallest absolute Gasteiger partial charge is 0.346 e. The van der Waals surface area contributed by atoms with Gasteiger partial charge < -0.3 is 4.74 Å². The lowest BCUT2D eigenvalue weighted by molar-refractivity contribution is -0.237. The average Bonchev–Trinajstić information content (AvgIpc) is 2.24. The summed E-state index contributed by atoms with van der Waals surface area (Å²) in [5, 5.41) is 0. The molecule has 1 atom stereocenters. The molecule has 0 aromatic carbocycles. The fourth-order valence-corrected chi connectivity index (χ4v) is 0.674. The van der Waals surface area contributed by atoms with Gasteiger partial charge in [-0.25, -0.2) is 4.39 Å². The van der Waals surface area contributed by atoms with Gasteiger partial charge in [-0.05, 0) is 6.42 Å². The summed E-state index contributed by atoms with van der Waals surface area (Å²) in [5.41, 5.74) is 0. The van der Waals surface area contributed by atoms with E-state index in [9.17, 15) is 26.7 Å². The molecule has 0 saturated carbocycles. The van der Waals surface area contributed by atoms with Crippen LogP contribution in [0.2, 0.25) is 0 Å². The van der Waals surface area contributed by atoms with Crippen LogP contribution >= 0.6 is 0 Å². The Morgan fingerprint density at radius 3 is 2.12 bits per heavy atom. The molecule has 0 rings (SSSR count). The third kappa shape index (κ3) is 3.61. The molecule has 0 radical (unpaired) electrons. The first-order chi connectivity index (χ1) is 7.18. The maximum atomic E-state index is 12.7. The molecule has 0 aliphatic heterocycles. The molecule has 0 aromatic heterocycles. The summed E-state index contributed by atoms with van der Waals surface area (Å²) in [6.07, 6.45) is 0.337. The lowest BCUT2D eigenvalue weighted by atomic mass is 10.1. The highest BCUT2D eigenvalue weighted by Crippen LogP contribution is 2.34. The van der Waals surface area contributed by atoms with Crippen LogP contribution in [0.5, 0.6) is 0 Å². The van der Waals surface area contributed by atoms with Crippen LogP contribution in [0, 0.1) is 5.92 Å². The number of hydrogen-bond donors (Lipinski definition) is 0. The molecule has 0 N–H and O–H groups in total. The second-order valence-corrected chi connectivity index (χ2v) is 3.46. The average molecular weight is 248 g/mol. The minimum atomic E-state index is -4.82. The van der Waals surface area contributed by atoms with Crippen molar-refractivity contribution in [2.24, 2.45) is 5.92 Å². The molecule has 0 bridgehead atoms. The van der Waals surface area contributed by atoms with E-state index in [0.29, 0.717) is 6.42 Å². The highest BCUT2D eigenvalue weighted by atomic mass is 19.3. The van der Waals surface area contributed by atoms with Crippen LogP contribution in [-0.4, -0.2) is 31.1 Å². The molecule has 0 fully saturated rings. The fourth-order valence-electron chi connectivity index (χ4n) is 0.674. The third-order valence-electron chi connectivity index (χ3n) is 2.11. The lowest BCUT2D eigenvalue weighted by Crippen LogP contribution is -2.46. The number of alkyl halides is 5. The zero-order valence-corrected chi connectivity index (χ0v) is 8.90. The van der Waals surface area contributed by atoms with Crippen LogP contribution in [0.1, 0.15) is 20.3 Å². The summed E-state index contributed by atoms with van der Waals surface area (Å²) >= 11 is 0. The Hall–Kier alpha value is -0.880. The quantitative estimate of drug-likeness (QED) is 0.533. The van der Waals surface area contributed by atoms with E-state index >= 15 is 0 Å². The molecule has 0 aliphatic carbocycles. The molecule has 96 valence electrons. The van der Waals surface area contributed by atoms with Crippen molar-refractivity contribution in [3.63, 3.8) is 0 Å². The van der Waals surface area contributed by atoms with Crippen LogP contribution in [0.3, 0.4) is 0 Å². The van der Waals surface area contributed by atoms with Crippen molar-refractivity contribution in [2.75, 3.05) is 13.3 Å². The predicted octanol–water partition coefficient (Wildman–Crippen LogP) is 2.82. The molecule has 0 aliphatic rings. The Morgan fingerprint density at radius 1 is 1.25 bits per heavy atom. The maximum Gasteiger partial charge on any atom is 0.346 e. The van der Waals surface area contributed by atoms with E-state index in [1.165, 1.54) is 6.92 Å². The molecule has 0 saturated heterocycles. The van der Waals surface area contributed by atoms with Crippen molar-refractivity contribution in [3.05, 3.63) is 0 Å². The Balaban J connectivity index is 4.35. The van der Waals surface area contributed by atoms with Gasteiger partial charge >= 0.3 is 17.8 Å². The van der Waals surface area contributed by atoms with Gasteiger partial charge in [0.15, 0.2) is 13.3 Å². The van der Waals surface area contributed by atoms with Crippen molar-refractivity contribution < 1.29 is 31.5 Å². The van der Waals surface area contributed by atoms with E-state index in [1.807, 2.05) is 0 Å². The van der Waals surface area contributed by atoms with Crippen molar-refractivity contribution in [1.29, 1.82) is 0 Å². The van der Waals surface area contributed by atoms with Crippen LogP contribution in [0.25, 0.3) is 0 Å². The predicted molar refractivity (Wildman–Crippen MR) is 46.3 cm³/mol. The molecular weight excluding hydrogens is 235 g/mol. The molecule has 0 amide bonds. The Kier molecular flexibility index (Phi) is 5.15. The molecule has 7 heteroatoms. The summed E-state index contributed by atoms with van der Waals surface area (Å²) in [6.45, 7) is -1.29. The van der Waals surface area contributed by atoms with Gasteiger partial charge in [-0.1, -0.05) is 13.8 Å². The molecular formula is C9H13F5O2. The first-order valence-corrected chi connectivity index (χ1v) is 4.66. The van der Waals surface area contributed by atoms with E-state index in [1.54, 1.807) is 6.92 Å². The molecule has 0 spiro atoms. The van der Waals surface area contributed by atoms with Crippen LogP contribution in [-0.2, 0) is 9.53 Å². The van der Waals surface area contributed by atoms with E-state index in [4.69, 9.17) is 0 Å². The third-order valence-corrected chi connectivity index (χ3v) is 2.11. The molecule has 16 heavy (non-hydrogen) atoms. The summed E-state index contributed by atoms with van der Waals surface area (Å²) in [5.74, 6) is -11.2. The van der Waals surface area contributed by atoms with Crippen molar-refractivity contribution in [3.8, 4) is 0 Å². The number of halogens is 5. The van der Waals surface area contributed by atoms with Gasteiger partial charge in [0.05, 0.1) is 5.92 Å². The van der Waals surface area contributed by atoms with Gasteiger partial charge in [0.2, 0.25) is 0 Å². The fraction of sp³-hybridized carbons (Fsp3) is 0.889. The van der Waals surface area contributed by atoms with Gasteiger partial charge in [0.1, 0.15) is 0 Å². The molecule has 0 aromatic rings. The second kappa shape index (κ2) is 5.45. The number of carbonyl (C=O) groups excluding carboxylic acids is 1. The summed E-state index contributed by atoms with van der Waals surface area (Å²) in [6, 6.07) is 0. The normalized spacial score (nSPS) is 14.7. The standard InChI is InChI=1S/C9H13F5O2/c1-3-6(2)7(15)16-5-9(13,14)8(11,12)4-10/h6H,3-5H2,1-2H3. The zero-order chi connectivity index (χ0) is 13.0. The topological polar surface area (TPSA) is 26.3 Å². The maximum absolute atomic E-state index is 12.7. The van der Waals surface area contributed by atoms with Crippen LogP contribution in [0.15, 0.2) is 0 Å². The zero-order valence-electron chi connectivity index (χ0n) is 8.90. The van der Waals surface area contributed by atoms with Crippen LogP contribution in [0.4, 0.5) is 22.0 Å². The van der Waals surface area contributed by atoms with Gasteiger partial charge in [-0.15, -0.1) is 0 Å².